The van der Waals surface area contributed by atoms with Gasteiger partial charge in [-0.1, -0.05) is 36.4 Å². The molecule has 0 fully saturated rings. The van der Waals surface area contributed by atoms with Gasteiger partial charge in [-0.15, -0.1) is 0 Å². The fourth-order valence-electron chi connectivity index (χ4n) is 5.30. The van der Waals surface area contributed by atoms with E-state index in [2.05, 4.69) is 20.3 Å². The molecule has 3 heterocycles. The van der Waals surface area contributed by atoms with Gasteiger partial charge >= 0.3 is 0 Å². The van der Waals surface area contributed by atoms with Crippen molar-refractivity contribution in [3.05, 3.63) is 131 Å². The highest BCUT2D eigenvalue weighted by Crippen LogP contribution is 2.33. The zero-order chi connectivity index (χ0) is 29.4. The number of anilines is 1. The molecule has 0 aliphatic heterocycles. The number of fused-ring (bicyclic) bond motifs is 1. The highest BCUT2D eigenvalue weighted by Gasteiger charge is 2.21. The molecule has 3 aromatic heterocycles. The maximum absolute atomic E-state index is 14.4. The van der Waals surface area contributed by atoms with Gasteiger partial charge in [0, 0.05) is 41.1 Å². The zero-order valence-electron chi connectivity index (χ0n) is 23.3. The molecule has 0 amide bonds. The predicted octanol–water partition coefficient (Wildman–Crippen LogP) is 7.14. The van der Waals surface area contributed by atoms with Crippen LogP contribution >= 0.6 is 0 Å². The van der Waals surface area contributed by atoms with Crippen LogP contribution in [0.4, 0.5) is 10.2 Å². The van der Waals surface area contributed by atoms with Gasteiger partial charge in [-0.3, -0.25) is 14.3 Å². The molecule has 8 heteroatoms. The summed E-state index contributed by atoms with van der Waals surface area (Å²) < 4.78 is 15.9. The lowest BCUT2D eigenvalue weighted by atomic mass is 9.98. The Morgan fingerprint density at radius 2 is 1.69 bits per heavy atom. The van der Waals surface area contributed by atoms with Crippen molar-refractivity contribution < 1.29 is 9.50 Å². The molecule has 2 N–H and O–H groups in total. The summed E-state index contributed by atoms with van der Waals surface area (Å²) in [7, 11) is 0. The van der Waals surface area contributed by atoms with Crippen LogP contribution in [0, 0.1) is 19.7 Å². The van der Waals surface area contributed by atoms with E-state index in [0.717, 1.165) is 34.0 Å². The fourth-order valence-corrected chi connectivity index (χ4v) is 5.30. The van der Waals surface area contributed by atoms with Crippen molar-refractivity contribution in [3.63, 3.8) is 0 Å². The average molecular weight is 558 g/mol. The Morgan fingerprint density at radius 1 is 0.881 bits per heavy atom. The number of nitrogens with zero attached hydrogens (tertiary/aromatic N) is 4. The molecular weight excluding hydrogens is 529 g/mol. The molecule has 0 saturated carbocycles. The van der Waals surface area contributed by atoms with Crippen molar-refractivity contribution in [3.8, 4) is 33.7 Å². The summed E-state index contributed by atoms with van der Waals surface area (Å²) in [5.41, 5.74) is 4.86. The molecule has 0 bridgehead atoms. The highest BCUT2D eigenvalue weighted by atomic mass is 19.1. The quantitative estimate of drug-likeness (QED) is 0.226. The number of hydrogen-bond donors (Lipinski definition) is 2. The molecular formula is C34H28FN5O2. The van der Waals surface area contributed by atoms with Crippen LogP contribution < -0.4 is 10.9 Å². The number of para-hydroxylation sites is 1. The number of hydrogen-bond acceptors (Lipinski definition) is 6. The van der Waals surface area contributed by atoms with Crippen LogP contribution in [0.15, 0.2) is 102 Å². The number of aryl methyl sites for hydroxylation is 2. The van der Waals surface area contributed by atoms with E-state index < -0.39 is 11.9 Å². The van der Waals surface area contributed by atoms with Crippen LogP contribution in [0.5, 0.6) is 5.75 Å². The molecule has 208 valence electrons. The van der Waals surface area contributed by atoms with Crippen molar-refractivity contribution in [2.75, 3.05) is 5.32 Å². The van der Waals surface area contributed by atoms with E-state index in [-0.39, 0.29) is 11.3 Å². The van der Waals surface area contributed by atoms with Crippen LogP contribution in [-0.4, -0.2) is 24.6 Å². The second kappa shape index (κ2) is 10.9. The molecule has 0 aliphatic carbocycles. The minimum absolute atomic E-state index is 0.151. The summed E-state index contributed by atoms with van der Waals surface area (Å²) in [5, 5.41) is 14.9. The van der Waals surface area contributed by atoms with Crippen LogP contribution in [0.25, 0.3) is 38.7 Å². The topological polar surface area (TPSA) is 92.9 Å². The standard InChI is InChI=1S/C34H28FN5O2/c1-20-14-23(12-13-36-20)29-11-7-8-24-17-31(40(34(42)32(24)29)27-9-5-4-6-10-27)21(2)38-33-30(19-37-22(3)39-33)25-15-26(35)18-28(41)16-25/h4-19,21,41H,1-3H3,(H,37,38,39)/t21-/m0/s1. The number of nitrogens with one attached hydrogen (secondary N) is 1. The minimum Gasteiger partial charge on any atom is -0.508 e. The molecule has 6 rings (SSSR count). The van der Waals surface area contributed by atoms with Crippen molar-refractivity contribution >= 4 is 16.6 Å². The Balaban J connectivity index is 1.54. The molecule has 0 spiro atoms. The van der Waals surface area contributed by atoms with Gasteiger partial charge < -0.3 is 10.4 Å². The second-order valence-electron chi connectivity index (χ2n) is 10.2. The molecule has 0 unspecified atom stereocenters. The first-order chi connectivity index (χ1) is 20.3. The fraction of sp³-hybridized carbons (Fsp3) is 0.118. The number of pyridine rings is 2. The normalized spacial score (nSPS) is 11.9. The first kappa shape index (κ1) is 26.8. The number of phenols is 1. The van der Waals surface area contributed by atoms with E-state index in [1.54, 1.807) is 23.9 Å². The van der Waals surface area contributed by atoms with Gasteiger partial charge in [0.05, 0.1) is 11.4 Å². The van der Waals surface area contributed by atoms with Crippen LogP contribution in [0.2, 0.25) is 0 Å². The number of rotatable bonds is 6. The smallest absolute Gasteiger partial charge is 0.263 e. The van der Waals surface area contributed by atoms with Crippen molar-refractivity contribution in [1.82, 2.24) is 19.5 Å². The molecule has 0 radical (unpaired) electrons. The number of aromatic nitrogens is 4. The third kappa shape index (κ3) is 5.10. The summed E-state index contributed by atoms with van der Waals surface area (Å²) in [5.74, 6) is 0.202. The lowest BCUT2D eigenvalue weighted by Gasteiger charge is -2.23. The molecule has 3 aromatic carbocycles. The van der Waals surface area contributed by atoms with Gasteiger partial charge in [0.2, 0.25) is 0 Å². The molecule has 42 heavy (non-hydrogen) atoms. The summed E-state index contributed by atoms with van der Waals surface area (Å²) in [6, 6.07) is 24.7. The second-order valence-corrected chi connectivity index (χ2v) is 10.2. The van der Waals surface area contributed by atoms with Crippen LogP contribution in [0.3, 0.4) is 0 Å². The number of halogens is 1. The van der Waals surface area contributed by atoms with E-state index in [1.807, 2.05) is 80.6 Å². The monoisotopic (exact) mass is 557 g/mol. The summed E-state index contributed by atoms with van der Waals surface area (Å²) in [4.78, 5) is 27.7. The van der Waals surface area contributed by atoms with Crippen molar-refractivity contribution in [2.45, 2.75) is 26.8 Å². The molecule has 6 aromatic rings. The Hall–Kier alpha value is -5.37. The third-order valence-electron chi connectivity index (χ3n) is 7.20. The van der Waals surface area contributed by atoms with Gasteiger partial charge in [-0.05, 0) is 85.3 Å². The van der Waals surface area contributed by atoms with Gasteiger partial charge in [-0.25, -0.2) is 14.4 Å². The average Bonchev–Trinajstić information content (AvgIpc) is 2.96. The maximum atomic E-state index is 14.4. The first-order valence-corrected chi connectivity index (χ1v) is 13.6. The van der Waals surface area contributed by atoms with E-state index >= 15 is 0 Å². The van der Waals surface area contributed by atoms with Crippen LogP contribution in [0.1, 0.15) is 30.2 Å². The maximum Gasteiger partial charge on any atom is 0.263 e. The highest BCUT2D eigenvalue weighted by molar-refractivity contribution is 5.96. The minimum atomic E-state index is -0.572. The number of benzene rings is 3. The molecule has 1 atom stereocenters. The van der Waals surface area contributed by atoms with E-state index in [4.69, 9.17) is 0 Å². The van der Waals surface area contributed by atoms with Gasteiger partial charge in [0.15, 0.2) is 0 Å². The predicted molar refractivity (Wildman–Crippen MR) is 163 cm³/mol. The largest absolute Gasteiger partial charge is 0.508 e. The lowest BCUT2D eigenvalue weighted by molar-refractivity contribution is 0.469. The zero-order valence-corrected chi connectivity index (χ0v) is 23.3. The Bertz CT molecular complexity index is 1990. The van der Waals surface area contributed by atoms with E-state index in [1.165, 1.54) is 12.1 Å². The number of aromatic hydroxyl groups is 1. The van der Waals surface area contributed by atoms with Crippen molar-refractivity contribution in [2.24, 2.45) is 0 Å². The molecule has 7 nitrogen and oxygen atoms in total. The Morgan fingerprint density at radius 3 is 2.45 bits per heavy atom. The Kier molecular flexibility index (Phi) is 6.96. The number of phenolic OH excluding ortho intramolecular Hbond substituents is 1. The molecule has 0 aliphatic rings. The summed E-state index contributed by atoms with van der Waals surface area (Å²) >= 11 is 0. The van der Waals surface area contributed by atoms with Crippen LogP contribution in [-0.2, 0) is 0 Å². The first-order valence-electron chi connectivity index (χ1n) is 13.6. The summed E-state index contributed by atoms with van der Waals surface area (Å²) in [6.07, 6.45) is 3.35. The van der Waals surface area contributed by atoms with E-state index in [0.29, 0.717) is 33.8 Å². The van der Waals surface area contributed by atoms with Gasteiger partial charge in [0.25, 0.3) is 5.56 Å². The SMILES string of the molecule is Cc1cc(-c2cccc3cc([C@H](C)Nc4nc(C)ncc4-c4cc(O)cc(F)c4)n(-c4ccccc4)c(=O)c23)ccn1. The lowest BCUT2D eigenvalue weighted by Crippen LogP contribution is -2.26. The summed E-state index contributed by atoms with van der Waals surface area (Å²) in [6.45, 7) is 5.64. The Labute approximate surface area is 242 Å². The van der Waals surface area contributed by atoms with Crippen molar-refractivity contribution in [1.29, 1.82) is 0 Å². The van der Waals surface area contributed by atoms with Gasteiger partial charge in [0.1, 0.15) is 23.2 Å². The van der Waals surface area contributed by atoms with E-state index in [9.17, 15) is 14.3 Å². The third-order valence-corrected chi connectivity index (χ3v) is 7.20. The molecule has 0 saturated heterocycles. The van der Waals surface area contributed by atoms with Gasteiger partial charge in [-0.2, -0.15) is 0 Å².